The molecule has 4 aromatic rings. The third-order valence-corrected chi connectivity index (χ3v) is 7.14. The first-order valence-electron chi connectivity index (χ1n) is 11.0. The summed E-state index contributed by atoms with van der Waals surface area (Å²) in [7, 11) is -3.84. The fraction of sp³-hybridized carbons (Fsp3) is 0.111. The molecule has 1 amide bonds. The number of carboxylic acids is 1. The topological polar surface area (TPSA) is 113 Å². The van der Waals surface area contributed by atoms with E-state index in [2.05, 4.69) is 10.0 Å². The normalized spacial score (nSPS) is 11.3. The number of amides is 1. The Labute approximate surface area is 203 Å². The van der Waals surface area contributed by atoms with Gasteiger partial charge in [-0.2, -0.15) is 0 Å². The van der Waals surface area contributed by atoms with Crippen molar-refractivity contribution >= 4 is 38.4 Å². The second kappa shape index (κ2) is 10.1. The van der Waals surface area contributed by atoms with Gasteiger partial charge in [0, 0.05) is 17.8 Å². The standard InChI is InChI=1S/C27H24N2O5S/c1-18-6-13-24(17-25(18)27(31)32)35(33,34)28-15-14-19-7-11-23(12-8-19)29-26(30)22-10-9-20-4-2-3-5-21(20)16-22/h2-13,16-17,28H,14-15H2,1H3,(H,29,30)(H,31,32). The maximum Gasteiger partial charge on any atom is 0.335 e. The molecule has 3 N–H and O–H groups in total. The molecular formula is C27H24N2O5S. The molecule has 35 heavy (non-hydrogen) atoms. The zero-order valence-electron chi connectivity index (χ0n) is 19.0. The van der Waals surface area contributed by atoms with Crippen molar-refractivity contribution in [1.29, 1.82) is 0 Å². The summed E-state index contributed by atoms with van der Waals surface area (Å²) in [6.45, 7) is 1.75. The van der Waals surface area contributed by atoms with Gasteiger partial charge in [0.05, 0.1) is 10.5 Å². The number of hydrogen-bond acceptors (Lipinski definition) is 4. The maximum atomic E-state index is 12.6. The summed E-state index contributed by atoms with van der Waals surface area (Å²) < 4.78 is 27.6. The Kier molecular flexibility index (Phi) is 6.95. The second-order valence-electron chi connectivity index (χ2n) is 8.14. The lowest BCUT2D eigenvalue weighted by Gasteiger charge is -2.10. The molecule has 7 nitrogen and oxygen atoms in total. The first-order chi connectivity index (χ1) is 16.7. The van der Waals surface area contributed by atoms with E-state index >= 15 is 0 Å². The van der Waals surface area contributed by atoms with E-state index in [4.69, 9.17) is 0 Å². The van der Waals surface area contributed by atoms with Crippen molar-refractivity contribution in [2.45, 2.75) is 18.2 Å². The molecule has 0 aliphatic carbocycles. The molecule has 0 fully saturated rings. The molecule has 0 heterocycles. The predicted molar refractivity (Wildman–Crippen MR) is 135 cm³/mol. The number of hydrogen-bond donors (Lipinski definition) is 3. The zero-order chi connectivity index (χ0) is 25.0. The molecule has 4 rings (SSSR count). The van der Waals surface area contributed by atoms with E-state index in [1.165, 1.54) is 12.1 Å². The summed E-state index contributed by atoms with van der Waals surface area (Å²) in [5.74, 6) is -1.39. The van der Waals surface area contributed by atoms with E-state index in [1.807, 2.05) is 48.5 Å². The number of carboxylic acid groups (broad SMARTS) is 1. The van der Waals surface area contributed by atoms with Gasteiger partial charge in [0.15, 0.2) is 0 Å². The summed E-state index contributed by atoms with van der Waals surface area (Å²) in [5, 5.41) is 14.1. The van der Waals surface area contributed by atoms with E-state index in [0.29, 0.717) is 23.2 Å². The summed E-state index contributed by atoms with van der Waals surface area (Å²) in [6.07, 6.45) is 0.426. The predicted octanol–water partition coefficient (Wildman–Crippen LogP) is 4.62. The van der Waals surface area contributed by atoms with Crippen LogP contribution in [0.2, 0.25) is 0 Å². The molecule has 0 saturated carbocycles. The van der Waals surface area contributed by atoms with Gasteiger partial charge in [0.2, 0.25) is 10.0 Å². The van der Waals surface area contributed by atoms with Gasteiger partial charge in [-0.1, -0.05) is 48.5 Å². The molecule has 0 aromatic heterocycles. The first kappa shape index (κ1) is 24.1. The zero-order valence-corrected chi connectivity index (χ0v) is 19.8. The summed E-state index contributed by atoms with van der Waals surface area (Å²) in [4.78, 5) is 23.8. The molecular weight excluding hydrogens is 464 g/mol. The Morgan fingerprint density at radius 1 is 0.857 bits per heavy atom. The number of rotatable bonds is 8. The highest BCUT2D eigenvalue weighted by Crippen LogP contribution is 2.18. The van der Waals surface area contributed by atoms with Crippen LogP contribution >= 0.6 is 0 Å². The Morgan fingerprint density at radius 2 is 1.57 bits per heavy atom. The highest BCUT2D eigenvalue weighted by atomic mass is 32.2. The van der Waals surface area contributed by atoms with Crippen LogP contribution in [0.3, 0.4) is 0 Å². The lowest BCUT2D eigenvalue weighted by molar-refractivity contribution is 0.0695. The van der Waals surface area contributed by atoms with Crippen molar-refractivity contribution < 1.29 is 23.1 Å². The fourth-order valence-electron chi connectivity index (χ4n) is 3.70. The Bertz CT molecular complexity index is 1510. The first-order valence-corrected chi connectivity index (χ1v) is 12.4. The molecule has 0 atom stereocenters. The largest absolute Gasteiger partial charge is 0.478 e. The van der Waals surface area contributed by atoms with Crippen LogP contribution in [0.5, 0.6) is 0 Å². The highest BCUT2D eigenvalue weighted by molar-refractivity contribution is 7.89. The minimum Gasteiger partial charge on any atom is -0.478 e. The van der Waals surface area contributed by atoms with Crippen LogP contribution < -0.4 is 10.0 Å². The highest BCUT2D eigenvalue weighted by Gasteiger charge is 2.17. The summed E-state index contributed by atoms with van der Waals surface area (Å²) in [5.41, 5.74) is 2.52. The van der Waals surface area contributed by atoms with Gasteiger partial charge in [0.25, 0.3) is 5.91 Å². The van der Waals surface area contributed by atoms with Crippen molar-refractivity contribution in [3.63, 3.8) is 0 Å². The molecule has 178 valence electrons. The number of aromatic carboxylic acids is 1. The Hall–Kier alpha value is -4.01. The van der Waals surface area contributed by atoms with Crippen molar-refractivity contribution in [2.75, 3.05) is 11.9 Å². The SMILES string of the molecule is Cc1ccc(S(=O)(=O)NCCc2ccc(NC(=O)c3ccc4ccccc4c3)cc2)cc1C(=O)O. The quantitative estimate of drug-likeness (QED) is 0.335. The van der Waals surface area contributed by atoms with Gasteiger partial charge in [-0.3, -0.25) is 4.79 Å². The third kappa shape index (κ3) is 5.74. The Morgan fingerprint density at radius 3 is 2.29 bits per heavy atom. The summed E-state index contributed by atoms with van der Waals surface area (Å²) in [6, 6.07) is 24.6. The molecule has 0 saturated heterocycles. The van der Waals surface area contributed by atoms with E-state index in [0.717, 1.165) is 22.4 Å². The molecule has 0 spiro atoms. The summed E-state index contributed by atoms with van der Waals surface area (Å²) >= 11 is 0. The molecule has 4 aromatic carbocycles. The van der Waals surface area contributed by atoms with Gasteiger partial charge >= 0.3 is 5.97 Å². The number of sulfonamides is 1. The maximum absolute atomic E-state index is 12.6. The average molecular weight is 489 g/mol. The monoisotopic (exact) mass is 488 g/mol. The third-order valence-electron chi connectivity index (χ3n) is 5.68. The minimum absolute atomic E-state index is 0.0470. The van der Waals surface area contributed by atoms with Crippen LogP contribution in [0, 0.1) is 6.92 Å². The van der Waals surface area contributed by atoms with Crippen molar-refractivity contribution in [3.05, 3.63) is 107 Å². The van der Waals surface area contributed by atoms with Gasteiger partial charge in [-0.05, 0) is 71.6 Å². The van der Waals surface area contributed by atoms with E-state index in [1.54, 1.807) is 25.1 Å². The number of carbonyl (C=O) groups is 2. The average Bonchev–Trinajstić information content (AvgIpc) is 2.84. The van der Waals surface area contributed by atoms with Gasteiger partial charge in [0.1, 0.15) is 0 Å². The van der Waals surface area contributed by atoms with Gasteiger partial charge in [-0.15, -0.1) is 0 Å². The molecule has 0 unspecified atom stereocenters. The molecule has 0 aliphatic heterocycles. The lowest BCUT2D eigenvalue weighted by atomic mass is 10.1. The number of carbonyl (C=O) groups excluding carboxylic acids is 1. The van der Waals surface area contributed by atoms with Crippen LogP contribution in [-0.4, -0.2) is 31.9 Å². The van der Waals surface area contributed by atoms with Crippen LogP contribution in [0.25, 0.3) is 10.8 Å². The second-order valence-corrected chi connectivity index (χ2v) is 9.91. The smallest absolute Gasteiger partial charge is 0.335 e. The van der Waals surface area contributed by atoms with E-state index in [9.17, 15) is 23.1 Å². The van der Waals surface area contributed by atoms with Crippen LogP contribution in [0.4, 0.5) is 5.69 Å². The molecule has 0 aliphatic rings. The van der Waals surface area contributed by atoms with Gasteiger partial charge in [-0.25, -0.2) is 17.9 Å². The number of benzene rings is 4. The van der Waals surface area contributed by atoms with Crippen molar-refractivity contribution in [3.8, 4) is 0 Å². The molecule has 8 heteroatoms. The number of anilines is 1. The van der Waals surface area contributed by atoms with Crippen LogP contribution in [0.15, 0.2) is 89.8 Å². The number of fused-ring (bicyclic) bond motifs is 1. The number of nitrogens with one attached hydrogen (secondary N) is 2. The van der Waals surface area contributed by atoms with Crippen LogP contribution in [-0.2, 0) is 16.4 Å². The molecule has 0 radical (unpaired) electrons. The minimum atomic E-state index is -3.84. The molecule has 0 bridgehead atoms. The van der Waals surface area contributed by atoms with Crippen LogP contribution in [0.1, 0.15) is 31.8 Å². The van der Waals surface area contributed by atoms with Gasteiger partial charge < -0.3 is 10.4 Å². The number of aryl methyl sites for hydroxylation is 1. The van der Waals surface area contributed by atoms with E-state index in [-0.39, 0.29) is 22.9 Å². The fourth-order valence-corrected chi connectivity index (χ4v) is 4.76. The van der Waals surface area contributed by atoms with Crippen molar-refractivity contribution in [1.82, 2.24) is 4.72 Å². The lowest BCUT2D eigenvalue weighted by Crippen LogP contribution is -2.26. The Balaban J connectivity index is 1.35. The van der Waals surface area contributed by atoms with Crippen molar-refractivity contribution in [2.24, 2.45) is 0 Å². The van der Waals surface area contributed by atoms with E-state index < -0.39 is 16.0 Å².